The number of aromatic nitrogens is 2. The summed E-state index contributed by atoms with van der Waals surface area (Å²) < 4.78 is 20.5. The highest BCUT2D eigenvalue weighted by Crippen LogP contribution is 2.27. The number of anilines is 2. The Labute approximate surface area is 212 Å². The van der Waals surface area contributed by atoms with Gasteiger partial charge in [0, 0.05) is 29.1 Å². The zero-order valence-corrected chi connectivity index (χ0v) is 20.8. The van der Waals surface area contributed by atoms with Crippen molar-refractivity contribution in [2.75, 3.05) is 30.1 Å². The van der Waals surface area contributed by atoms with Crippen LogP contribution in [0.15, 0.2) is 84.1 Å². The molecule has 1 N–H and O–H groups in total. The van der Waals surface area contributed by atoms with Crippen molar-refractivity contribution in [2.45, 2.75) is 11.7 Å². The van der Waals surface area contributed by atoms with Gasteiger partial charge in [0.2, 0.25) is 5.91 Å². The minimum atomic E-state index is -0.278. The van der Waals surface area contributed by atoms with Crippen molar-refractivity contribution in [3.8, 4) is 11.4 Å². The molecule has 1 heterocycles. The van der Waals surface area contributed by atoms with E-state index in [-0.39, 0.29) is 17.5 Å². The van der Waals surface area contributed by atoms with Crippen LogP contribution in [0, 0.1) is 5.82 Å². The quantitative estimate of drug-likeness (QED) is 0.278. The van der Waals surface area contributed by atoms with Crippen LogP contribution >= 0.6 is 23.4 Å². The normalized spacial score (nSPS) is 10.7. The third-order valence-electron chi connectivity index (χ3n) is 5.26. The minimum absolute atomic E-state index is 0.143. The molecule has 0 aliphatic rings. The molecule has 1 amide bonds. The zero-order chi connectivity index (χ0) is 24.8. The van der Waals surface area contributed by atoms with Gasteiger partial charge >= 0.3 is 0 Å². The third-order valence-corrected chi connectivity index (χ3v) is 6.46. The van der Waals surface area contributed by atoms with Crippen LogP contribution in [0.25, 0.3) is 5.69 Å². The second-order valence-electron chi connectivity index (χ2n) is 7.74. The lowest BCUT2D eigenvalue weighted by atomic mass is 10.2. The van der Waals surface area contributed by atoms with Gasteiger partial charge in [0.25, 0.3) is 0 Å². The minimum Gasteiger partial charge on any atom is -0.497 e. The Kier molecular flexibility index (Phi) is 7.94. The summed E-state index contributed by atoms with van der Waals surface area (Å²) in [5.41, 5.74) is 3.37. The van der Waals surface area contributed by atoms with E-state index in [4.69, 9.17) is 16.3 Å². The Morgan fingerprint density at radius 3 is 2.43 bits per heavy atom. The molecule has 0 bridgehead atoms. The maximum Gasteiger partial charge on any atom is 0.234 e. The van der Waals surface area contributed by atoms with Gasteiger partial charge in [-0.1, -0.05) is 23.4 Å². The summed E-state index contributed by atoms with van der Waals surface area (Å²) in [4.78, 5) is 19.2. The molecular formula is C26H24ClFN4O2S. The first-order valence-corrected chi connectivity index (χ1v) is 12.2. The van der Waals surface area contributed by atoms with Gasteiger partial charge in [-0.05, 0) is 72.8 Å². The van der Waals surface area contributed by atoms with E-state index < -0.39 is 0 Å². The van der Waals surface area contributed by atoms with E-state index in [0.29, 0.717) is 22.4 Å². The van der Waals surface area contributed by atoms with E-state index in [0.717, 1.165) is 22.8 Å². The molecule has 4 aromatic rings. The van der Waals surface area contributed by atoms with Gasteiger partial charge < -0.3 is 15.0 Å². The van der Waals surface area contributed by atoms with Crippen molar-refractivity contribution in [1.82, 2.24) is 9.55 Å². The molecule has 0 radical (unpaired) electrons. The van der Waals surface area contributed by atoms with E-state index in [9.17, 15) is 9.18 Å². The Bertz CT molecular complexity index is 1280. The number of hydrogen-bond donors (Lipinski definition) is 1. The average Bonchev–Trinajstić information content (AvgIpc) is 3.26. The molecule has 9 heteroatoms. The van der Waals surface area contributed by atoms with Gasteiger partial charge in [-0.15, -0.1) is 0 Å². The van der Waals surface area contributed by atoms with Crippen molar-refractivity contribution in [3.05, 3.63) is 95.5 Å². The number of benzene rings is 3. The summed E-state index contributed by atoms with van der Waals surface area (Å²) in [6.07, 6.45) is 1.79. The van der Waals surface area contributed by atoms with Crippen LogP contribution in [0.3, 0.4) is 0 Å². The molecule has 0 fully saturated rings. The summed E-state index contributed by atoms with van der Waals surface area (Å²) in [6, 6.07) is 21.0. The Hall–Kier alpha value is -3.49. The number of halogens is 2. The van der Waals surface area contributed by atoms with Crippen LogP contribution < -0.4 is 15.0 Å². The van der Waals surface area contributed by atoms with E-state index >= 15 is 0 Å². The standard InChI is InChI=1S/C26H24ClFN4O2S/c1-31(21-11-5-19(28)6-12-21)16-23-15-29-26(32(23)22-9-3-18(27)4-10-22)35-17-25(33)30-20-7-13-24(34-2)14-8-20/h3-15H,16-17H2,1-2H3,(H,30,33). The van der Waals surface area contributed by atoms with Crippen molar-refractivity contribution in [2.24, 2.45) is 0 Å². The molecule has 180 valence electrons. The van der Waals surface area contributed by atoms with E-state index in [1.807, 2.05) is 40.8 Å². The summed E-state index contributed by atoms with van der Waals surface area (Å²) >= 11 is 7.44. The predicted octanol–water partition coefficient (Wildman–Crippen LogP) is 6.04. The molecule has 0 aliphatic heterocycles. The number of hydrogen-bond acceptors (Lipinski definition) is 5. The summed E-state index contributed by atoms with van der Waals surface area (Å²) in [5, 5.41) is 4.20. The average molecular weight is 511 g/mol. The smallest absolute Gasteiger partial charge is 0.234 e. The predicted molar refractivity (Wildman–Crippen MR) is 139 cm³/mol. The molecule has 0 spiro atoms. The number of ether oxygens (including phenoxy) is 1. The van der Waals surface area contributed by atoms with Gasteiger partial charge in [0.15, 0.2) is 5.16 Å². The van der Waals surface area contributed by atoms with Crippen LogP contribution in [-0.4, -0.2) is 35.4 Å². The lowest BCUT2D eigenvalue weighted by Gasteiger charge is -2.21. The second kappa shape index (κ2) is 11.3. The fourth-order valence-corrected chi connectivity index (χ4v) is 4.42. The number of carbonyl (C=O) groups is 1. The Morgan fingerprint density at radius 2 is 1.77 bits per heavy atom. The molecule has 3 aromatic carbocycles. The topological polar surface area (TPSA) is 59.4 Å². The molecule has 0 saturated carbocycles. The van der Waals surface area contributed by atoms with E-state index in [1.165, 1.54) is 23.9 Å². The first-order valence-electron chi connectivity index (χ1n) is 10.8. The number of methoxy groups -OCH3 is 1. The highest BCUT2D eigenvalue weighted by molar-refractivity contribution is 7.99. The highest BCUT2D eigenvalue weighted by atomic mass is 35.5. The maximum absolute atomic E-state index is 13.3. The van der Waals surface area contributed by atoms with Crippen LogP contribution in [0.2, 0.25) is 5.02 Å². The monoisotopic (exact) mass is 510 g/mol. The van der Waals surface area contributed by atoms with Gasteiger partial charge in [0.1, 0.15) is 11.6 Å². The second-order valence-corrected chi connectivity index (χ2v) is 9.12. The van der Waals surface area contributed by atoms with Gasteiger partial charge in [-0.25, -0.2) is 9.37 Å². The van der Waals surface area contributed by atoms with Gasteiger partial charge in [-0.2, -0.15) is 0 Å². The van der Waals surface area contributed by atoms with E-state index in [1.54, 1.807) is 49.7 Å². The number of amides is 1. The largest absolute Gasteiger partial charge is 0.497 e. The SMILES string of the molecule is COc1ccc(NC(=O)CSc2ncc(CN(C)c3ccc(F)cc3)n2-c2ccc(Cl)cc2)cc1. The maximum atomic E-state index is 13.3. The summed E-state index contributed by atoms with van der Waals surface area (Å²) in [6.45, 7) is 0.528. The lowest BCUT2D eigenvalue weighted by Crippen LogP contribution is -2.19. The van der Waals surface area contributed by atoms with Crippen molar-refractivity contribution in [1.29, 1.82) is 0 Å². The third kappa shape index (κ3) is 6.35. The van der Waals surface area contributed by atoms with Crippen molar-refractivity contribution < 1.29 is 13.9 Å². The molecule has 35 heavy (non-hydrogen) atoms. The van der Waals surface area contributed by atoms with Crippen molar-refractivity contribution >= 4 is 40.6 Å². The van der Waals surface area contributed by atoms with Crippen LogP contribution in [0.5, 0.6) is 5.75 Å². The molecule has 6 nitrogen and oxygen atoms in total. The molecule has 0 saturated heterocycles. The Balaban J connectivity index is 1.52. The molecule has 0 unspecified atom stereocenters. The first-order chi connectivity index (χ1) is 16.9. The summed E-state index contributed by atoms with van der Waals surface area (Å²) in [7, 11) is 3.53. The lowest BCUT2D eigenvalue weighted by molar-refractivity contribution is -0.113. The number of imidazole rings is 1. The molecule has 4 rings (SSSR count). The van der Waals surface area contributed by atoms with Crippen molar-refractivity contribution in [3.63, 3.8) is 0 Å². The number of carbonyl (C=O) groups excluding carboxylic acids is 1. The first kappa shape index (κ1) is 24.6. The highest BCUT2D eigenvalue weighted by Gasteiger charge is 2.16. The van der Waals surface area contributed by atoms with Gasteiger partial charge in [0.05, 0.1) is 31.3 Å². The molecule has 0 aliphatic carbocycles. The van der Waals surface area contributed by atoms with Crippen LogP contribution in [0.1, 0.15) is 5.69 Å². The number of thioether (sulfide) groups is 1. The molecule has 1 aromatic heterocycles. The molecular weight excluding hydrogens is 487 g/mol. The number of rotatable bonds is 9. The Morgan fingerprint density at radius 1 is 1.09 bits per heavy atom. The number of nitrogens with one attached hydrogen (secondary N) is 1. The van der Waals surface area contributed by atoms with E-state index in [2.05, 4.69) is 10.3 Å². The fourth-order valence-electron chi connectivity index (χ4n) is 3.48. The number of nitrogens with zero attached hydrogens (tertiary/aromatic N) is 3. The zero-order valence-electron chi connectivity index (χ0n) is 19.2. The van der Waals surface area contributed by atoms with Crippen LogP contribution in [0.4, 0.5) is 15.8 Å². The van der Waals surface area contributed by atoms with Gasteiger partial charge in [-0.3, -0.25) is 9.36 Å². The fraction of sp³-hybridized carbons (Fsp3) is 0.154. The van der Waals surface area contributed by atoms with Crippen LogP contribution in [-0.2, 0) is 11.3 Å². The summed E-state index contributed by atoms with van der Waals surface area (Å²) in [5.74, 6) is 0.486. The molecule has 0 atom stereocenters.